The summed E-state index contributed by atoms with van der Waals surface area (Å²) in [5.74, 6) is 0.731. The van der Waals surface area contributed by atoms with Gasteiger partial charge in [0.25, 0.3) is 5.91 Å². The molecule has 1 aromatic heterocycles. The van der Waals surface area contributed by atoms with Crippen molar-refractivity contribution in [1.82, 2.24) is 9.88 Å². The van der Waals surface area contributed by atoms with Crippen molar-refractivity contribution in [3.05, 3.63) is 28.5 Å². The fourth-order valence-corrected chi connectivity index (χ4v) is 2.35. The fraction of sp³-hybridized carbons (Fsp3) is 0.571. The first-order chi connectivity index (χ1) is 8.59. The molecule has 0 atom stereocenters. The van der Waals surface area contributed by atoms with E-state index in [0.29, 0.717) is 22.1 Å². The number of aromatic nitrogens is 1. The maximum Gasteiger partial charge on any atom is 0.256 e. The quantitative estimate of drug-likeness (QED) is 0.780. The van der Waals surface area contributed by atoms with Gasteiger partial charge in [0.2, 0.25) is 0 Å². The number of carbonyl (C=O) groups is 1. The van der Waals surface area contributed by atoms with Crippen LogP contribution in [-0.2, 0) is 0 Å². The van der Waals surface area contributed by atoms with Gasteiger partial charge in [-0.15, -0.1) is 0 Å². The summed E-state index contributed by atoms with van der Waals surface area (Å²) in [6.45, 7) is 5.23. The lowest BCUT2D eigenvalue weighted by molar-refractivity contribution is 0.0734. The standard InChI is InChI=1S/C14H19BrN2O/c1-10(2)7-9-17(11-5-6-11)14(18)12-4-3-8-16-13(12)15/h3-4,8,10-11H,5-7,9H2,1-2H3. The number of rotatable bonds is 5. The molecule has 0 aliphatic heterocycles. The van der Waals surface area contributed by atoms with Gasteiger partial charge in [0.15, 0.2) is 0 Å². The average Bonchev–Trinajstić information content (AvgIpc) is 3.13. The number of amides is 1. The Labute approximate surface area is 117 Å². The molecule has 1 amide bonds. The largest absolute Gasteiger partial charge is 0.336 e. The van der Waals surface area contributed by atoms with Gasteiger partial charge >= 0.3 is 0 Å². The number of halogens is 1. The molecule has 1 aliphatic carbocycles. The van der Waals surface area contributed by atoms with Gasteiger partial charge in [-0.1, -0.05) is 13.8 Å². The van der Waals surface area contributed by atoms with Crippen LogP contribution in [0.15, 0.2) is 22.9 Å². The van der Waals surface area contributed by atoms with Gasteiger partial charge in [-0.25, -0.2) is 4.98 Å². The number of hydrogen-bond acceptors (Lipinski definition) is 2. The summed E-state index contributed by atoms with van der Waals surface area (Å²) >= 11 is 3.36. The van der Waals surface area contributed by atoms with Crippen molar-refractivity contribution < 1.29 is 4.79 Å². The molecule has 0 unspecified atom stereocenters. The van der Waals surface area contributed by atoms with Crippen LogP contribution in [0, 0.1) is 5.92 Å². The summed E-state index contributed by atoms with van der Waals surface area (Å²) < 4.78 is 0.644. The molecule has 0 N–H and O–H groups in total. The van der Waals surface area contributed by atoms with Crippen molar-refractivity contribution in [2.24, 2.45) is 5.92 Å². The van der Waals surface area contributed by atoms with Gasteiger partial charge in [0, 0.05) is 18.8 Å². The minimum absolute atomic E-state index is 0.109. The fourth-order valence-electron chi connectivity index (χ4n) is 1.93. The number of pyridine rings is 1. The Kier molecular flexibility index (Phi) is 4.38. The number of hydrogen-bond donors (Lipinski definition) is 0. The number of nitrogens with zero attached hydrogens (tertiary/aromatic N) is 2. The van der Waals surface area contributed by atoms with Gasteiger partial charge in [-0.2, -0.15) is 0 Å². The van der Waals surface area contributed by atoms with E-state index in [4.69, 9.17) is 0 Å². The molecular formula is C14H19BrN2O. The van der Waals surface area contributed by atoms with Gasteiger partial charge in [0.1, 0.15) is 4.60 Å². The highest BCUT2D eigenvalue weighted by molar-refractivity contribution is 9.10. The van der Waals surface area contributed by atoms with E-state index in [1.807, 2.05) is 17.0 Å². The van der Waals surface area contributed by atoms with Crippen LogP contribution in [0.1, 0.15) is 43.5 Å². The normalized spacial score (nSPS) is 14.9. The summed E-state index contributed by atoms with van der Waals surface area (Å²) in [5, 5.41) is 0. The van der Waals surface area contributed by atoms with Crippen LogP contribution in [-0.4, -0.2) is 28.4 Å². The molecule has 0 radical (unpaired) electrons. The molecule has 0 spiro atoms. The monoisotopic (exact) mass is 310 g/mol. The lowest BCUT2D eigenvalue weighted by Crippen LogP contribution is -2.34. The molecule has 18 heavy (non-hydrogen) atoms. The van der Waals surface area contributed by atoms with Crippen LogP contribution < -0.4 is 0 Å². The molecule has 1 saturated carbocycles. The predicted octanol–water partition coefficient (Wildman–Crippen LogP) is 3.49. The van der Waals surface area contributed by atoms with Crippen molar-refractivity contribution in [2.75, 3.05) is 6.54 Å². The van der Waals surface area contributed by atoms with Crippen LogP contribution in [0.5, 0.6) is 0 Å². The van der Waals surface area contributed by atoms with Crippen molar-refractivity contribution >= 4 is 21.8 Å². The van der Waals surface area contributed by atoms with Crippen molar-refractivity contribution in [3.63, 3.8) is 0 Å². The second-order valence-corrected chi connectivity index (χ2v) is 6.01. The minimum atomic E-state index is 0.109. The molecule has 0 aromatic carbocycles. The van der Waals surface area contributed by atoms with E-state index in [2.05, 4.69) is 34.8 Å². The smallest absolute Gasteiger partial charge is 0.256 e. The SMILES string of the molecule is CC(C)CCN(C(=O)c1cccnc1Br)C1CC1. The molecule has 2 rings (SSSR count). The Hall–Kier alpha value is -0.900. The van der Waals surface area contributed by atoms with Crippen LogP contribution >= 0.6 is 15.9 Å². The van der Waals surface area contributed by atoms with Crippen molar-refractivity contribution in [2.45, 2.75) is 39.2 Å². The van der Waals surface area contributed by atoms with Gasteiger partial charge in [-0.3, -0.25) is 4.79 Å². The Morgan fingerprint density at radius 1 is 1.56 bits per heavy atom. The Morgan fingerprint density at radius 2 is 2.28 bits per heavy atom. The third-order valence-electron chi connectivity index (χ3n) is 3.19. The van der Waals surface area contributed by atoms with E-state index in [0.717, 1.165) is 25.8 Å². The zero-order valence-corrected chi connectivity index (χ0v) is 12.5. The molecule has 0 saturated heterocycles. The minimum Gasteiger partial charge on any atom is -0.336 e. The molecule has 1 heterocycles. The molecule has 1 aromatic rings. The number of carbonyl (C=O) groups excluding carboxylic acids is 1. The molecule has 1 fully saturated rings. The average molecular weight is 311 g/mol. The van der Waals surface area contributed by atoms with Crippen LogP contribution in [0.4, 0.5) is 0 Å². The third kappa shape index (κ3) is 3.31. The predicted molar refractivity (Wildman–Crippen MR) is 75.5 cm³/mol. The first-order valence-electron chi connectivity index (χ1n) is 6.51. The maximum absolute atomic E-state index is 12.5. The van der Waals surface area contributed by atoms with E-state index in [1.54, 1.807) is 6.20 Å². The van der Waals surface area contributed by atoms with Gasteiger partial charge in [-0.05, 0) is 53.2 Å². The van der Waals surface area contributed by atoms with Crippen molar-refractivity contribution in [1.29, 1.82) is 0 Å². The topological polar surface area (TPSA) is 33.2 Å². The second kappa shape index (κ2) is 5.83. The van der Waals surface area contributed by atoms with Crippen LogP contribution in [0.3, 0.4) is 0 Å². The van der Waals surface area contributed by atoms with E-state index in [9.17, 15) is 4.79 Å². The molecule has 98 valence electrons. The zero-order valence-electron chi connectivity index (χ0n) is 10.9. The summed E-state index contributed by atoms with van der Waals surface area (Å²) in [6.07, 6.45) is 5.03. The molecule has 3 nitrogen and oxygen atoms in total. The van der Waals surface area contributed by atoms with Crippen LogP contribution in [0.2, 0.25) is 0 Å². The first-order valence-corrected chi connectivity index (χ1v) is 7.30. The molecule has 1 aliphatic rings. The Morgan fingerprint density at radius 3 is 2.83 bits per heavy atom. The highest BCUT2D eigenvalue weighted by Crippen LogP contribution is 2.29. The second-order valence-electron chi connectivity index (χ2n) is 5.25. The molecular weight excluding hydrogens is 292 g/mol. The van der Waals surface area contributed by atoms with Gasteiger partial charge in [0.05, 0.1) is 5.56 Å². The summed E-state index contributed by atoms with van der Waals surface area (Å²) in [7, 11) is 0. The lowest BCUT2D eigenvalue weighted by atomic mass is 10.1. The Bertz CT molecular complexity index is 430. The third-order valence-corrected chi connectivity index (χ3v) is 3.82. The Balaban J connectivity index is 2.11. The van der Waals surface area contributed by atoms with E-state index in [1.165, 1.54) is 0 Å². The highest BCUT2D eigenvalue weighted by atomic mass is 79.9. The highest BCUT2D eigenvalue weighted by Gasteiger charge is 2.33. The summed E-state index contributed by atoms with van der Waals surface area (Å²) in [5.41, 5.74) is 0.674. The van der Waals surface area contributed by atoms with Gasteiger partial charge < -0.3 is 4.90 Å². The lowest BCUT2D eigenvalue weighted by Gasteiger charge is -2.23. The van der Waals surface area contributed by atoms with Crippen LogP contribution in [0.25, 0.3) is 0 Å². The molecule has 0 bridgehead atoms. The zero-order chi connectivity index (χ0) is 13.1. The summed E-state index contributed by atoms with van der Waals surface area (Å²) in [4.78, 5) is 18.7. The maximum atomic E-state index is 12.5. The first kappa shape index (κ1) is 13.5. The van der Waals surface area contributed by atoms with E-state index >= 15 is 0 Å². The molecule has 4 heteroatoms. The van der Waals surface area contributed by atoms with E-state index in [-0.39, 0.29) is 5.91 Å². The van der Waals surface area contributed by atoms with Crippen molar-refractivity contribution in [3.8, 4) is 0 Å². The van der Waals surface area contributed by atoms with E-state index < -0.39 is 0 Å². The summed E-state index contributed by atoms with van der Waals surface area (Å²) in [6, 6.07) is 4.10.